The number of hydrogen-bond acceptors (Lipinski definition) is 3. The van der Waals surface area contributed by atoms with Crippen molar-refractivity contribution in [2.45, 2.75) is 20.3 Å². The number of rotatable bonds is 7. The Morgan fingerprint density at radius 2 is 2.18 bits per heavy atom. The molecule has 0 aliphatic rings. The summed E-state index contributed by atoms with van der Waals surface area (Å²) in [5, 5.41) is 3.27. The molecule has 3 nitrogen and oxygen atoms in total. The van der Waals surface area contributed by atoms with Crippen molar-refractivity contribution < 1.29 is 4.74 Å². The van der Waals surface area contributed by atoms with Crippen LogP contribution in [0.4, 0.5) is 5.82 Å². The first kappa shape index (κ1) is 14.9. The van der Waals surface area contributed by atoms with Crippen molar-refractivity contribution in [3.63, 3.8) is 0 Å². The van der Waals surface area contributed by atoms with Gasteiger partial charge in [0.05, 0.1) is 4.47 Å². The number of halogens is 2. The molecule has 1 heterocycles. The second kappa shape index (κ2) is 8.06. The van der Waals surface area contributed by atoms with Crippen molar-refractivity contribution >= 4 is 37.7 Å². The van der Waals surface area contributed by atoms with E-state index in [1.807, 2.05) is 6.07 Å². The van der Waals surface area contributed by atoms with Crippen LogP contribution in [0.3, 0.4) is 0 Å². The number of ether oxygens (including phenoxy) is 1. The van der Waals surface area contributed by atoms with Crippen LogP contribution in [0.1, 0.15) is 20.3 Å². The first-order valence-electron chi connectivity index (χ1n) is 5.72. The summed E-state index contributed by atoms with van der Waals surface area (Å²) in [4.78, 5) is 4.28. The van der Waals surface area contributed by atoms with E-state index in [0.29, 0.717) is 5.92 Å². The van der Waals surface area contributed by atoms with E-state index in [4.69, 9.17) is 4.74 Å². The van der Waals surface area contributed by atoms with Crippen LogP contribution in [0.25, 0.3) is 0 Å². The van der Waals surface area contributed by atoms with Gasteiger partial charge in [-0.25, -0.2) is 4.98 Å². The molecule has 0 saturated heterocycles. The highest BCUT2D eigenvalue weighted by Gasteiger charge is 2.01. The van der Waals surface area contributed by atoms with Crippen molar-refractivity contribution in [1.29, 1.82) is 0 Å². The normalized spacial score (nSPS) is 10.9. The lowest BCUT2D eigenvalue weighted by molar-refractivity contribution is 0.110. The van der Waals surface area contributed by atoms with Gasteiger partial charge in [0, 0.05) is 30.4 Å². The largest absolute Gasteiger partial charge is 0.381 e. The van der Waals surface area contributed by atoms with E-state index < -0.39 is 0 Å². The number of hydrogen-bond donors (Lipinski definition) is 1. The van der Waals surface area contributed by atoms with Crippen LogP contribution in [0.2, 0.25) is 0 Å². The molecule has 1 rings (SSSR count). The molecule has 0 saturated carbocycles. The zero-order valence-electron chi connectivity index (χ0n) is 10.2. The van der Waals surface area contributed by atoms with Crippen LogP contribution in [-0.2, 0) is 4.74 Å². The highest BCUT2D eigenvalue weighted by atomic mass is 79.9. The fraction of sp³-hybridized carbons (Fsp3) is 0.583. The summed E-state index contributed by atoms with van der Waals surface area (Å²) >= 11 is 6.83. The van der Waals surface area contributed by atoms with E-state index in [1.165, 1.54) is 0 Å². The summed E-state index contributed by atoms with van der Waals surface area (Å²) in [7, 11) is 0. The maximum absolute atomic E-state index is 5.50. The topological polar surface area (TPSA) is 34.1 Å². The predicted molar refractivity (Wildman–Crippen MR) is 78.4 cm³/mol. The third-order valence-electron chi connectivity index (χ3n) is 2.02. The average Bonchev–Trinajstić information content (AvgIpc) is 2.25. The minimum atomic E-state index is 0.602. The molecule has 0 bridgehead atoms. The van der Waals surface area contributed by atoms with Gasteiger partial charge in [-0.2, -0.15) is 0 Å². The van der Waals surface area contributed by atoms with Gasteiger partial charge in [0.25, 0.3) is 0 Å². The van der Waals surface area contributed by atoms with E-state index in [1.54, 1.807) is 6.20 Å². The van der Waals surface area contributed by atoms with Gasteiger partial charge >= 0.3 is 0 Å². The van der Waals surface area contributed by atoms with Gasteiger partial charge in [0.1, 0.15) is 5.82 Å². The average molecular weight is 366 g/mol. The molecule has 0 aliphatic heterocycles. The maximum Gasteiger partial charge on any atom is 0.140 e. The molecule has 0 aliphatic carbocycles. The third-order valence-corrected chi connectivity index (χ3v) is 3.06. The maximum atomic E-state index is 5.50. The number of pyridine rings is 1. The smallest absolute Gasteiger partial charge is 0.140 e. The quantitative estimate of drug-likeness (QED) is 0.739. The van der Waals surface area contributed by atoms with Crippen molar-refractivity contribution in [3.05, 3.63) is 21.2 Å². The third kappa shape index (κ3) is 6.38. The highest BCUT2D eigenvalue weighted by Crippen LogP contribution is 2.23. The molecule has 0 atom stereocenters. The standard InChI is InChI=1S/C12H18Br2N2O/c1-9(2)8-17-5-3-4-15-12-11(14)6-10(13)7-16-12/h6-7,9H,3-5,8H2,1-2H3,(H,15,16). The molecule has 0 fully saturated rings. The Kier molecular flexibility index (Phi) is 7.08. The monoisotopic (exact) mass is 364 g/mol. The Morgan fingerprint density at radius 3 is 2.82 bits per heavy atom. The molecule has 0 unspecified atom stereocenters. The van der Waals surface area contributed by atoms with Crippen LogP contribution >= 0.6 is 31.9 Å². The summed E-state index contributed by atoms with van der Waals surface area (Å²) in [5.41, 5.74) is 0. The molecule has 0 radical (unpaired) electrons. The molecule has 0 spiro atoms. The Balaban J connectivity index is 2.18. The van der Waals surface area contributed by atoms with E-state index in [9.17, 15) is 0 Å². The number of nitrogens with zero attached hydrogens (tertiary/aromatic N) is 1. The van der Waals surface area contributed by atoms with Crippen LogP contribution in [-0.4, -0.2) is 24.7 Å². The van der Waals surface area contributed by atoms with Gasteiger partial charge in [0.15, 0.2) is 0 Å². The number of nitrogens with one attached hydrogen (secondary N) is 1. The molecule has 0 aromatic carbocycles. The van der Waals surface area contributed by atoms with Crippen molar-refractivity contribution in [2.24, 2.45) is 5.92 Å². The molecule has 1 N–H and O–H groups in total. The summed E-state index contributed by atoms with van der Waals surface area (Å²) in [6, 6.07) is 1.98. The summed E-state index contributed by atoms with van der Waals surface area (Å²) < 4.78 is 7.44. The van der Waals surface area contributed by atoms with Gasteiger partial charge in [0.2, 0.25) is 0 Å². The SMILES string of the molecule is CC(C)COCCCNc1ncc(Br)cc1Br. The minimum absolute atomic E-state index is 0.602. The van der Waals surface area contributed by atoms with Gasteiger partial charge in [-0.05, 0) is 50.3 Å². The molecule has 1 aromatic heterocycles. The molecule has 1 aromatic rings. The molecular weight excluding hydrogens is 348 g/mol. The lowest BCUT2D eigenvalue weighted by Crippen LogP contribution is -2.09. The summed E-state index contributed by atoms with van der Waals surface area (Å²) in [6.45, 7) is 6.80. The molecule has 17 heavy (non-hydrogen) atoms. The van der Waals surface area contributed by atoms with Crippen molar-refractivity contribution in [1.82, 2.24) is 4.98 Å². The van der Waals surface area contributed by atoms with Gasteiger partial charge < -0.3 is 10.1 Å². The van der Waals surface area contributed by atoms with Crippen molar-refractivity contribution in [3.8, 4) is 0 Å². The van der Waals surface area contributed by atoms with E-state index in [0.717, 1.165) is 40.9 Å². The summed E-state index contributed by atoms with van der Waals surface area (Å²) in [6.07, 6.45) is 2.76. The molecule has 5 heteroatoms. The predicted octanol–water partition coefficient (Wildman–Crippen LogP) is 4.08. The number of anilines is 1. The van der Waals surface area contributed by atoms with E-state index in [2.05, 4.69) is 56.0 Å². The first-order chi connectivity index (χ1) is 8.09. The van der Waals surface area contributed by atoms with Crippen LogP contribution in [0.5, 0.6) is 0 Å². The molecule has 0 amide bonds. The molecule has 96 valence electrons. The first-order valence-corrected chi connectivity index (χ1v) is 7.31. The van der Waals surface area contributed by atoms with Gasteiger partial charge in [-0.1, -0.05) is 13.8 Å². The Hall–Kier alpha value is -0.130. The number of aromatic nitrogens is 1. The fourth-order valence-electron chi connectivity index (χ4n) is 1.24. The summed E-state index contributed by atoms with van der Waals surface area (Å²) in [5.74, 6) is 1.47. The van der Waals surface area contributed by atoms with Gasteiger partial charge in [-0.15, -0.1) is 0 Å². The second-order valence-electron chi connectivity index (χ2n) is 4.23. The van der Waals surface area contributed by atoms with Crippen LogP contribution < -0.4 is 5.32 Å². The zero-order valence-corrected chi connectivity index (χ0v) is 13.3. The van der Waals surface area contributed by atoms with Crippen LogP contribution in [0, 0.1) is 5.92 Å². The fourth-order valence-corrected chi connectivity index (χ4v) is 2.37. The van der Waals surface area contributed by atoms with Crippen molar-refractivity contribution in [2.75, 3.05) is 25.1 Å². The second-order valence-corrected chi connectivity index (χ2v) is 6.00. The Morgan fingerprint density at radius 1 is 1.41 bits per heavy atom. The Labute approximate surface area is 120 Å². The van der Waals surface area contributed by atoms with Crippen LogP contribution in [0.15, 0.2) is 21.2 Å². The lowest BCUT2D eigenvalue weighted by Gasteiger charge is -2.09. The molecular formula is C12H18Br2N2O. The Bertz CT molecular complexity index is 345. The highest BCUT2D eigenvalue weighted by molar-refractivity contribution is 9.11. The van der Waals surface area contributed by atoms with Gasteiger partial charge in [-0.3, -0.25) is 0 Å². The zero-order chi connectivity index (χ0) is 12.7. The minimum Gasteiger partial charge on any atom is -0.381 e. The van der Waals surface area contributed by atoms with E-state index >= 15 is 0 Å². The van der Waals surface area contributed by atoms with E-state index in [-0.39, 0.29) is 0 Å². The lowest BCUT2D eigenvalue weighted by atomic mass is 10.2.